The Labute approximate surface area is 82.0 Å². The average Bonchev–Trinajstić information content (AvgIpc) is 1.99. The molecule has 0 unspecified atom stereocenters. The van der Waals surface area contributed by atoms with E-state index in [1.165, 1.54) is 32.1 Å². The van der Waals surface area contributed by atoms with Crippen molar-refractivity contribution in [3.63, 3.8) is 0 Å². The summed E-state index contributed by atoms with van der Waals surface area (Å²) in [6.45, 7) is 6.46. The molecule has 78 valence electrons. The molecule has 1 saturated carbocycles. The summed E-state index contributed by atoms with van der Waals surface area (Å²) in [5.41, 5.74) is 0. The second-order valence-corrected chi connectivity index (χ2v) is 4.24. The van der Waals surface area contributed by atoms with Crippen molar-refractivity contribution in [2.75, 3.05) is 13.2 Å². The lowest BCUT2D eigenvalue weighted by Gasteiger charge is -2.25. The van der Waals surface area contributed by atoms with E-state index >= 15 is 0 Å². The first-order valence-electron chi connectivity index (χ1n) is 5.64. The van der Waals surface area contributed by atoms with E-state index in [0.29, 0.717) is 12.1 Å². The molecular weight excluding hydrogens is 162 g/mol. The molecule has 2 nitrogen and oxygen atoms in total. The van der Waals surface area contributed by atoms with Crippen LogP contribution >= 0.6 is 0 Å². The third-order valence-electron chi connectivity index (χ3n) is 2.53. The van der Waals surface area contributed by atoms with Crippen LogP contribution in [0.5, 0.6) is 0 Å². The van der Waals surface area contributed by atoms with Crippen LogP contribution in [0.25, 0.3) is 0 Å². The van der Waals surface area contributed by atoms with E-state index in [1.807, 2.05) is 0 Å². The van der Waals surface area contributed by atoms with Gasteiger partial charge in [-0.3, -0.25) is 0 Å². The molecule has 1 aliphatic carbocycles. The molecule has 0 aliphatic heterocycles. The van der Waals surface area contributed by atoms with Crippen LogP contribution < -0.4 is 5.32 Å². The molecule has 0 radical (unpaired) electrons. The standard InChI is InChI=1S/C11H23NO/c1-10(2)12-8-3-4-9-13-11-6-5-7-11/h10-12H,3-9H2,1-2H3. The Morgan fingerprint density at radius 1 is 1.31 bits per heavy atom. The van der Waals surface area contributed by atoms with Crippen LogP contribution in [0.4, 0.5) is 0 Å². The summed E-state index contributed by atoms with van der Waals surface area (Å²) in [6.07, 6.45) is 7.02. The molecule has 1 aliphatic rings. The third-order valence-corrected chi connectivity index (χ3v) is 2.53. The fraction of sp³-hybridized carbons (Fsp3) is 1.00. The van der Waals surface area contributed by atoms with Gasteiger partial charge in [-0.1, -0.05) is 13.8 Å². The first-order chi connectivity index (χ1) is 6.29. The first kappa shape index (κ1) is 11.0. The van der Waals surface area contributed by atoms with Crippen LogP contribution in [0.3, 0.4) is 0 Å². The van der Waals surface area contributed by atoms with Crippen molar-refractivity contribution < 1.29 is 4.74 Å². The van der Waals surface area contributed by atoms with E-state index in [0.717, 1.165) is 13.2 Å². The van der Waals surface area contributed by atoms with E-state index in [9.17, 15) is 0 Å². The lowest BCUT2D eigenvalue weighted by molar-refractivity contribution is 0.000805. The molecule has 0 amide bonds. The largest absolute Gasteiger partial charge is 0.378 e. The Kier molecular flexibility index (Phi) is 5.40. The van der Waals surface area contributed by atoms with Gasteiger partial charge in [0, 0.05) is 12.6 Å². The maximum absolute atomic E-state index is 5.66. The van der Waals surface area contributed by atoms with Gasteiger partial charge in [0.1, 0.15) is 0 Å². The van der Waals surface area contributed by atoms with Gasteiger partial charge in [-0.15, -0.1) is 0 Å². The second kappa shape index (κ2) is 6.39. The maximum atomic E-state index is 5.66. The van der Waals surface area contributed by atoms with Crippen molar-refractivity contribution in [1.82, 2.24) is 5.32 Å². The van der Waals surface area contributed by atoms with Crippen LogP contribution in [-0.2, 0) is 4.74 Å². The fourth-order valence-corrected chi connectivity index (χ4v) is 1.41. The van der Waals surface area contributed by atoms with Crippen molar-refractivity contribution in [3.8, 4) is 0 Å². The maximum Gasteiger partial charge on any atom is 0.0575 e. The Morgan fingerprint density at radius 2 is 2.08 bits per heavy atom. The van der Waals surface area contributed by atoms with Gasteiger partial charge in [-0.25, -0.2) is 0 Å². The molecular formula is C11H23NO. The molecule has 1 fully saturated rings. The predicted octanol–water partition coefficient (Wildman–Crippen LogP) is 2.33. The topological polar surface area (TPSA) is 21.3 Å². The monoisotopic (exact) mass is 185 g/mol. The summed E-state index contributed by atoms with van der Waals surface area (Å²) >= 11 is 0. The van der Waals surface area contributed by atoms with Crippen molar-refractivity contribution in [1.29, 1.82) is 0 Å². The average molecular weight is 185 g/mol. The molecule has 0 aromatic rings. The number of ether oxygens (including phenoxy) is 1. The van der Waals surface area contributed by atoms with Gasteiger partial charge in [0.15, 0.2) is 0 Å². The number of nitrogens with one attached hydrogen (secondary N) is 1. The highest BCUT2D eigenvalue weighted by Crippen LogP contribution is 2.21. The normalized spacial score (nSPS) is 17.8. The van der Waals surface area contributed by atoms with Gasteiger partial charge >= 0.3 is 0 Å². The number of unbranched alkanes of at least 4 members (excludes halogenated alkanes) is 1. The van der Waals surface area contributed by atoms with E-state index in [1.54, 1.807) is 0 Å². The van der Waals surface area contributed by atoms with Crippen LogP contribution in [0.15, 0.2) is 0 Å². The van der Waals surface area contributed by atoms with Gasteiger partial charge < -0.3 is 10.1 Å². The Bertz CT molecular complexity index is 121. The molecule has 0 spiro atoms. The highest BCUT2D eigenvalue weighted by atomic mass is 16.5. The summed E-state index contributed by atoms with van der Waals surface area (Å²) in [4.78, 5) is 0. The summed E-state index contributed by atoms with van der Waals surface area (Å²) in [6, 6.07) is 0.618. The fourth-order valence-electron chi connectivity index (χ4n) is 1.41. The van der Waals surface area contributed by atoms with E-state index in [-0.39, 0.29) is 0 Å². The van der Waals surface area contributed by atoms with Crippen molar-refractivity contribution in [2.45, 2.75) is 58.1 Å². The lowest BCUT2D eigenvalue weighted by atomic mass is 9.96. The van der Waals surface area contributed by atoms with Crippen LogP contribution in [0, 0.1) is 0 Å². The zero-order chi connectivity index (χ0) is 9.52. The molecule has 0 saturated heterocycles. The van der Waals surface area contributed by atoms with Gasteiger partial charge in [-0.2, -0.15) is 0 Å². The number of rotatable bonds is 7. The van der Waals surface area contributed by atoms with Crippen molar-refractivity contribution in [2.24, 2.45) is 0 Å². The zero-order valence-corrected chi connectivity index (χ0v) is 9.01. The highest BCUT2D eigenvalue weighted by molar-refractivity contribution is 4.68. The second-order valence-electron chi connectivity index (χ2n) is 4.24. The lowest BCUT2D eigenvalue weighted by Crippen LogP contribution is -2.25. The molecule has 0 atom stereocenters. The van der Waals surface area contributed by atoms with Crippen LogP contribution in [0.1, 0.15) is 46.0 Å². The molecule has 2 heteroatoms. The van der Waals surface area contributed by atoms with Crippen molar-refractivity contribution >= 4 is 0 Å². The number of hydrogen-bond acceptors (Lipinski definition) is 2. The quantitative estimate of drug-likeness (QED) is 0.615. The van der Waals surface area contributed by atoms with Gasteiger partial charge in [0.05, 0.1) is 6.10 Å². The van der Waals surface area contributed by atoms with E-state index < -0.39 is 0 Å². The highest BCUT2D eigenvalue weighted by Gasteiger charge is 2.16. The molecule has 0 aromatic carbocycles. The van der Waals surface area contributed by atoms with Gasteiger partial charge in [0.2, 0.25) is 0 Å². The van der Waals surface area contributed by atoms with E-state index in [2.05, 4.69) is 19.2 Å². The van der Waals surface area contributed by atoms with Crippen molar-refractivity contribution in [3.05, 3.63) is 0 Å². The molecule has 0 bridgehead atoms. The SMILES string of the molecule is CC(C)NCCCCOC1CCC1. The minimum absolute atomic E-state index is 0.609. The molecule has 1 N–H and O–H groups in total. The smallest absolute Gasteiger partial charge is 0.0575 e. The molecule has 0 aromatic heterocycles. The third kappa shape index (κ3) is 5.27. The Balaban J connectivity index is 1.73. The first-order valence-corrected chi connectivity index (χ1v) is 5.64. The van der Waals surface area contributed by atoms with Crippen LogP contribution in [-0.4, -0.2) is 25.3 Å². The number of hydrogen-bond donors (Lipinski definition) is 1. The minimum Gasteiger partial charge on any atom is -0.378 e. The zero-order valence-electron chi connectivity index (χ0n) is 9.01. The predicted molar refractivity (Wildman–Crippen MR) is 56.0 cm³/mol. The van der Waals surface area contributed by atoms with E-state index in [4.69, 9.17) is 4.74 Å². The summed E-state index contributed by atoms with van der Waals surface area (Å²) in [7, 11) is 0. The van der Waals surface area contributed by atoms with Gasteiger partial charge in [-0.05, 0) is 38.6 Å². The Morgan fingerprint density at radius 3 is 2.62 bits per heavy atom. The van der Waals surface area contributed by atoms with Crippen LogP contribution in [0.2, 0.25) is 0 Å². The molecule has 0 heterocycles. The summed E-state index contributed by atoms with van der Waals surface area (Å²) < 4.78 is 5.66. The molecule has 1 rings (SSSR count). The summed E-state index contributed by atoms with van der Waals surface area (Å²) in [5.74, 6) is 0. The summed E-state index contributed by atoms with van der Waals surface area (Å²) in [5, 5.41) is 3.41. The minimum atomic E-state index is 0.609. The molecule has 13 heavy (non-hydrogen) atoms. The Hall–Kier alpha value is -0.0800. The van der Waals surface area contributed by atoms with Gasteiger partial charge in [0.25, 0.3) is 0 Å².